The van der Waals surface area contributed by atoms with Crippen molar-refractivity contribution >= 4 is 0 Å². The van der Waals surface area contributed by atoms with Crippen molar-refractivity contribution < 1.29 is 5.11 Å². The van der Waals surface area contributed by atoms with Crippen LogP contribution >= 0.6 is 0 Å². The summed E-state index contributed by atoms with van der Waals surface area (Å²) in [5, 5.41) is 8.89. The van der Waals surface area contributed by atoms with Crippen LogP contribution in [-0.2, 0) is 6.73 Å². The van der Waals surface area contributed by atoms with Crippen LogP contribution in [0.5, 0.6) is 0 Å². The first-order chi connectivity index (χ1) is 5.09. The number of rotatable bonds is 3. The highest BCUT2D eigenvalue weighted by atomic mass is 16.3. The number of aliphatic hydroxyl groups is 1. The van der Waals surface area contributed by atoms with E-state index in [1.54, 1.807) is 0 Å². The number of nitrogens with zero attached hydrogens (tertiary/aromatic N) is 3. The normalized spacial score (nSPS) is 12.3. The minimum absolute atomic E-state index is 0.0797. The van der Waals surface area contributed by atoms with Gasteiger partial charge in [0.2, 0.25) is 0 Å². The van der Waals surface area contributed by atoms with Gasteiger partial charge in [-0.05, 0) is 27.7 Å². The zero-order valence-corrected chi connectivity index (χ0v) is 7.65. The van der Waals surface area contributed by atoms with Crippen LogP contribution in [0.4, 0.5) is 0 Å². The van der Waals surface area contributed by atoms with E-state index in [9.17, 15) is 0 Å². The van der Waals surface area contributed by atoms with Gasteiger partial charge in [0.15, 0.2) is 6.73 Å². The van der Waals surface area contributed by atoms with Crippen molar-refractivity contribution in [1.29, 1.82) is 0 Å². The van der Waals surface area contributed by atoms with Crippen LogP contribution < -0.4 is 0 Å². The molecule has 4 nitrogen and oxygen atoms in total. The molecule has 1 aromatic heterocycles. The maximum atomic E-state index is 8.89. The molecule has 0 aliphatic carbocycles. The molecule has 1 heterocycles. The molecule has 0 fully saturated rings. The first-order valence-electron chi connectivity index (χ1n) is 4.06. The molecule has 0 atom stereocenters. The van der Waals surface area contributed by atoms with Crippen molar-refractivity contribution in [2.45, 2.75) is 46.5 Å². The molecule has 0 aromatic carbocycles. The Labute approximate surface area is 66.9 Å². The summed E-state index contributed by atoms with van der Waals surface area (Å²) in [6.45, 7) is 8.49. The summed E-state index contributed by atoms with van der Waals surface area (Å²) in [5.74, 6) is 0. The van der Waals surface area contributed by atoms with Gasteiger partial charge in [-0.1, -0.05) is 0 Å². The predicted octanol–water partition coefficient (Wildman–Crippen LogP) is 1.20. The van der Waals surface area contributed by atoms with E-state index in [1.807, 2.05) is 14.4 Å². The third kappa shape index (κ3) is 1.35. The fourth-order valence-corrected chi connectivity index (χ4v) is 1.31. The summed E-state index contributed by atoms with van der Waals surface area (Å²) in [4.78, 5) is 5.92. The smallest absolute Gasteiger partial charge is 0.154 e. The lowest BCUT2D eigenvalue weighted by atomic mass is 10.4. The Morgan fingerprint density at radius 3 is 1.45 bits per heavy atom. The first kappa shape index (κ1) is 8.46. The summed E-state index contributed by atoms with van der Waals surface area (Å²) >= 11 is 0. The van der Waals surface area contributed by atoms with Gasteiger partial charge in [-0.25, -0.2) is 0 Å². The molecule has 0 aliphatic heterocycles. The monoisotopic (exact) mass is 159 g/mol. The number of hydrogen-bond acceptors (Lipinski definition) is 1. The molecular weight excluding hydrogens is 142 g/mol. The average Bonchev–Trinajstić information content (AvgIpc) is 2.59. The third-order valence-electron chi connectivity index (χ3n) is 1.70. The lowest BCUT2D eigenvalue weighted by Gasteiger charge is -1.98. The van der Waals surface area contributed by atoms with Gasteiger partial charge in [0.05, 0.1) is 12.1 Å². The van der Waals surface area contributed by atoms with E-state index in [0.717, 1.165) is 0 Å². The zero-order valence-electron chi connectivity index (χ0n) is 7.65. The minimum Gasteiger partial charge on any atom is -0.373 e. The number of aliphatic hydroxyl groups excluding tert-OH is 1. The molecular formula is C7H17N3O. The second kappa shape index (κ2) is 2.77. The topological polar surface area (TPSA) is 35.0 Å². The van der Waals surface area contributed by atoms with Crippen LogP contribution in [0.15, 0.2) is 0 Å². The molecule has 1 N–H and O–H groups in total. The van der Waals surface area contributed by atoms with Gasteiger partial charge >= 0.3 is 0 Å². The molecule has 0 bridgehead atoms. The Balaban J connectivity index is 2.74. The molecule has 1 rings (SSSR count). The number of hydrogen-bond donors (Lipinski definition) is 1. The Morgan fingerprint density at radius 1 is 1.00 bits per heavy atom. The van der Waals surface area contributed by atoms with Crippen molar-refractivity contribution in [3.63, 3.8) is 0 Å². The van der Waals surface area contributed by atoms with Gasteiger partial charge in [-0.15, -0.1) is 0 Å². The molecule has 0 unspecified atom stereocenters. The zero-order chi connectivity index (χ0) is 8.59. The molecule has 0 aliphatic rings. The summed E-state index contributed by atoms with van der Waals surface area (Å²) in [5.41, 5.74) is 0. The summed E-state index contributed by atoms with van der Waals surface area (Å²) in [7, 11) is 0. The van der Waals surface area contributed by atoms with Crippen molar-refractivity contribution in [3.05, 3.63) is 0 Å². The second-order valence-corrected chi connectivity index (χ2v) is 3.34. The van der Waals surface area contributed by atoms with Gasteiger partial charge in [0, 0.05) is 0 Å². The van der Waals surface area contributed by atoms with Gasteiger partial charge in [0.25, 0.3) is 0 Å². The van der Waals surface area contributed by atoms with Gasteiger partial charge in [-0.2, -0.15) is 14.4 Å². The van der Waals surface area contributed by atoms with E-state index in [4.69, 9.17) is 5.11 Å². The highest BCUT2D eigenvalue weighted by molar-refractivity contribution is 4.63. The van der Waals surface area contributed by atoms with Crippen molar-refractivity contribution in [2.24, 2.45) is 0 Å². The van der Waals surface area contributed by atoms with E-state index in [-0.39, 0.29) is 6.73 Å². The van der Waals surface area contributed by atoms with Crippen LogP contribution in [0.25, 0.3) is 0 Å². The summed E-state index contributed by atoms with van der Waals surface area (Å²) in [6, 6.07) is 0.870. The van der Waals surface area contributed by atoms with E-state index >= 15 is 0 Å². The van der Waals surface area contributed by atoms with Gasteiger partial charge in [-0.3, -0.25) is 0 Å². The predicted molar refractivity (Wildman–Crippen MR) is 43.4 cm³/mol. The quantitative estimate of drug-likeness (QED) is 0.706. The van der Waals surface area contributed by atoms with Gasteiger partial charge < -0.3 is 5.11 Å². The Kier molecular flexibility index (Phi) is 2.13. The van der Waals surface area contributed by atoms with E-state index in [0.29, 0.717) is 12.1 Å². The largest absolute Gasteiger partial charge is 0.373 e. The van der Waals surface area contributed by atoms with Crippen molar-refractivity contribution in [1.82, 2.24) is 14.4 Å². The first-order valence-corrected chi connectivity index (χ1v) is 4.06. The Bertz CT molecular complexity index is 196. The maximum Gasteiger partial charge on any atom is 0.154 e. The molecule has 4 heteroatoms. The summed E-state index contributed by atoms with van der Waals surface area (Å²) < 4.78 is 0. The maximum absolute atomic E-state index is 8.89. The fourth-order valence-electron chi connectivity index (χ4n) is 1.31. The molecule has 0 amide bonds. The van der Waals surface area contributed by atoms with Gasteiger partial charge in [0.1, 0.15) is 0 Å². The van der Waals surface area contributed by atoms with E-state index in [2.05, 4.69) is 27.7 Å². The minimum atomic E-state index is 0.0797. The highest BCUT2D eigenvalue weighted by Crippen LogP contribution is 2.16. The SMILES string of the molecule is CC(C)n1n(CO)n1C(C)C. The van der Waals surface area contributed by atoms with Crippen LogP contribution in [0, 0.1) is 0 Å². The third-order valence-corrected chi connectivity index (χ3v) is 1.70. The summed E-state index contributed by atoms with van der Waals surface area (Å²) in [6.07, 6.45) is 0. The van der Waals surface area contributed by atoms with Crippen LogP contribution in [0.3, 0.4) is 0 Å². The Hall–Kier alpha value is -0.640. The molecule has 0 spiro atoms. The lowest BCUT2D eigenvalue weighted by molar-refractivity contribution is 0.192. The van der Waals surface area contributed by atoms with E-state index < -0.39 is 0 Å². The molecule has 0 radical (unpaired) electrons. The molecule has 66 valence electrons. The second-order valence-electron chi connectivity index (χ2n) is 3.34. The fraction of sp³-hybridized carbons (Fsp3) is 1.00. The van der Waals surface area contributed by atoms with Crippen molar-refractivity contribution in [3.8, 4) is 0 Å². The standard InChI is InChI=1S/C7H17N3O/c1-6(2)9-8(5-11)10(9)7(3)4/h6-7,11H,5H2,1-4H3. The Morgan fingerprint density at radius 2 is 1.36 bits per heavy atom. The van der Waals surface area contributed by atoms with E-state index in [1.165, 1.54) is 0 Å². The van der Waals surface area contributed by atoms with Crippen LogP contribution in [0.1, 0.15) is 39.8 Å². The molecule has 11 heavy (non-hydrogen) atoms. The molecule has 0 saturated heterocycles. The average molecular weight is 159 g/mol. The number of aromatic nitrogens is 3. The lowest BCUT2D eigenvalue weighted by Crippen LogP contribution is -1.99. The highest BCUT2D eigenvalue weighted by Gasteiger charge is 2.20. The van der Waals surface area contributed by atoms with Crippen LogP contribution in [-0.4, -0.2) is 19.5 Å². The molecule has 0 saturated carbocycles. The van der Waals surface area contributed by atoms with Crippen LogP contribution in [0.2, 0.25) is 0 Å². The van der Waals surface area contributed by atoms with Crippen molar-refractivity contribution in [2.75, 3.05) is 0 Å². The molecule has 1 aromatic rings.